The molecule has 0 bridgehead atoms. The molecule has 1 saturated carbocycles. The van der Waals surface area contributed by atoms with Gasteiger partial charge in [-0.1, -0.05) is 6.07 Å². The second kappa shape index (κ2) is 10.3. The van der Waals surface area contributed by atoms with Gasteiger partial charge in [0.1, 0.15) is 17.5 Å². The first kappa shape index (κ1) is 23.5. The molecule has 1 aliphatic carbocycles. The second-order valence-corrected chi connectivity index (χ2v) is 10.4. The van der Waals surface area contributed by atoms with Gasteiger partial charge < -0.3 is 20.1 Å². The number of aromatic nitrogens is 6. The van der Waals surface area contributed by atoms with Gasteiger partial charge in [0.05, 0.1) is 23.6 Å². The van der Waals surface area contributed by atoms with Gasteiger partial charge in [-0.2, -0.15) is 5.10 Å². The van der Waals surface area contributed by atoms with Crippen LogP contribution in [-0.4, -0.2) is 61.6 Å². The predicted molar refractivity (Wildman–Crippen MR) is 144 cm³/mol. The summed E-state index contributed by atoms with van der Waals surface area (Å²) in [6.07, 6.45) is 12.8. The molecule has 10 heteroatoms. The first-order valence-corrected chi connectivity index (χ1v) is 13.7. The molecule has 1 aromatic carbocycles. The van der Waals surface area contributed by atoms with E-state index in [0.717, 1.165) is 79.7 Å². The average Bonchev–Trinajstić information content (AvgIpc) is 3.71. The molecule has 7 rings (SSSR count). The fourth-order valence-electron chi connectivity index (χ4n) is 5.24. The first-order valence-electron chi connectivity index (χ1n) is 13.7. The lowest BCUT2D eigenvalue weighted by atomic mass is 10.1. The van der Waals surface area contributed by atoms with Crippen LogP contribution in [0, 0.1) is 0 Å². The normalized spacial score (nSPS) is 21.9. The molecule has 196 valence electrons. The summed E-state index contributed by atoms with van der Waals surface area (Å²) < 4.78 is 14.3. The van der Waals surface area contributed by atoms with E-state index in [1.54, 1.807) is 12.4 Å². The maximum absolute atomic E-state index is 6.18. The van der Waals surface area contributed by atoms with Crippen molar-refractivity contribution in [3.63, 3.8) is 0 Å². The van der Waals surface area contributed by atoms with Crippen LogP contribution in [0.4, 0.5) is 5.95 Å². The van der Waals surface area contributed by atoms with Crippen molar-refractivity contribution in [2.75, 3.05) is 25.0 Å². The Bertz CT molecular complexity index is 1420. The number of piperidine rings is 1. The van der Waals surface area contributed by atoms with Crippen LogP contribution in [0.1, 0.15) is 51.2 Å². The Kier molecular flexibility index (Phi) is 6.34. The predicted octanol–water partition coefficient (Wildman–Crippen LogP) is 4.35. The first-order chi connectivity index (χ1) is 18.8. The molecule has 4 aromatic rings. The fourth-order valence-corrected chi connectivity index (χ4v) is 5.24. The molecule has 38 heavy (non-hydrogen) atoms. The van der Waals surface area contributed by atoms with Gasteiger partial charge in [0.2, 0.25) is 11.8 Å². The van der Waals surface area contributed by atoms with E-state index >= 15 is 0 Å². The summed E-state index contributed by atoms with van der Waals surface area (Å²) in [6, 6.07) is 8.78. The molecule has 0 amide bonds. The summed E-state index contributed by atoms with van der Waals surface area (Å²) in [4.78, 5) is 18.5. The third-order valence-corrected chi connectivity index (χ3v) is 7.39. The minimum atomic E-state index is -0.0973. The van der Waals surface area contributed by atoms with E-state index < -0.39 is 0 Å². The molecule has 5 heterocycles. The second-order valence-electron chi connectivity index (χ2n) is 10.4. The zero-order valence-electron chi connectivity index (χ0n) is 21.3. The van der Waals surface area contributed by atoms with Gasteiger partial charge in [-0.3, -0.25) is 4.98 Å². The van der Waals surface area contributed by atoms with Gasteiger partial charge in [0, 0.05) is 36.3 Å². The number of hydrogen-bond donors (Lipinski definition) is 2. The van der Waals surface area contributed by atoms with Gasteiger partial charge in [-0.25, -0.2) is 19.6 Å². The molecule has 2 unspecified atom stereocenters. The summed E-state index contributed by atoms with van der Waals surface area (Å²) in [6.45, 7) is 2.60. The molecule has 3 fully saturated rings. The topological polar surface area (TPSA) is 112 Å². The number of anilines is 1. The lowest BCUT2D eigenvalue weighted by molar-refractivity contribution is -0.0365. The number of benzene rings is 1. The monoisotopic (exact) mass is 512 g/mol. The molecule has 2 aliphatic heterocycles. The lowest BCUT2D eigenvalue weighted by Crippen LogP contribution is -2.37. The van der Waals surface area contributed by atoms with Crippen molar-refractivity contribution < 1.29 is 9.47 Å². The molecule has 2 atom stereocenters. The van der Waals surface area contributed by atoms with Gasteiger partial charge in [0.15, 0.2) is 6.23 Å². The maximum atomic E-state index is 6.18. The van der Waals surface area contributed by atoms with Crippen molar-refractivity contribution in [1.29, 1.82) is 0 Å². The van der Waals surface area contributed by atoms with E-state index in [4.69, 9.17) is 24.5 Å². The van der Waals surface area contributed by atoms with Crippen LogP contribution in [0.3, 0.4) is 0 Å². The minimum Gasteiger partial charge on any atom is -0.472 e. The third-order valence-electron chi connectivity index (χ3n) is 7.39. The van der Waals surface area contributed by atoms with Crippen LogP contribution >= 0.6 is 0 Å². The Morgan fingerprint density at radius 3 is 2.82 bits per heavy atom. The number of rotatable bonds is 7. The maximum Gasteiger partial charge on any atom is 0.233 e. The molecule has 3 aromatic heterocycles. The van der Waals surface area contributed by atoms with E-state index in [0.29, 0.717) is 23.6 Å². The number of nitrogens with one attached hydrogen (secondary N) is 2. The quantitative estimate of drug-likeness (QED) is 0.373. The Morgan fingerprint density at radius 1 is 1.00 bits per heavy atom. The molecule has 0 spiro atoms. The van der Waals surface area contributed by atoms with Crippen molar-refractivity contribution in [2.24, 2.45) is 0 Å². The Hall–Kier alpha value is -3.63. The van der Waals surface area contributed by atoms with Crippen molar-refractivity contribution in [3.8, 4) is 28.5 Å². The number of hydrogen-bond acceptors (Lipinski definition) is 9. The zero-order valence-corrected chi connectivity index (χ0v) is 21.3. The van der Waals surface area contributed by atoms with E-state index in [2.05, 4.69) is 38.8 Å². The molecular formula is C28H32N8O2. The minimum absolute atomic E-state index is 0.0973. The van der Waals surface area contributed by atoms with Gasteiger partial charge in [0.25, 0.3) is 0 Å². The Morgan fingerprint density at radius 2 is 1.97 bits per heavy atom. The van der Waals surface area contributed by atoms with Crippen molar-refractivity contribution >= 4 is 16.9 Å². The van der Waals surface area contributed by atoms with E-state index in [1.165, 1.54) is 12.8 Å². The summed E-state index contributed by atoms with van der Waals surface area (Å²) in [5.74, 6) is 1.19. The summed E-state index contributed by atoms with van der Waals surface area (Å²) in [7, 11) is 0. The standard InChI is InChI=1S/C28H32N8O2/c1-2-13-37-26(5-1)36-24-9-6-18(22-10-12-31-28(34-22)32-19-7-8-19)14-21(24)27(35-36)23-16-30-17-25(33-23)38-20-4-3-11-29-15-20/h6,9-10,12,14,16-17,19-20,26,29H,1-5,7-8,11,13,15H2,(H,31,32,34). The molecule has 3 aliphatic rings. The summed E-state index contributed by atoms with van der Waals surface area (Å²) in [5, 5.41) is 12.8. The van der Waals surface area contributed by atoms with Gasteiger partial charge >= 0.3 is 0 Å². The third kappa shape index (κ3) is 4.93. The highest BCUT2D eigenvalue weighted by molar-refractivity contribution is 5.95. The molecule has 10 nitrogen and oxygen atoms in total. The largest absolute Gasteiger partial charge is 0.472 e. The van der Waals surface area contributed by atoms with Crippen LogP contribution in [0.25, 0.3) is 33.5 Å². The molecule has 2 N–H and O–H groups in total. The van der Waals surface area contributed by atoms with Crippen molar-refractivity contribution in [1.82, 2.24) is 35.0 Å². The highest BCUT2D eigenvalue weighted by atomic mass is 16.5. The van der Waals surface area contributed by atoms with Crippen LogP contribution in [0.2, 0.25) is 0 Å². The molecule has 2 saturated heterocycles. The fraction of sp³-hybridized carbons (Fsp3) is 0.464. The highest BCUT2D eigenvalue weighted by Gasteiger charge is 2.24. The molecule has 0 radical (unpaired) electrons. The van der Waals surface area contributed by atoms with Crippen LogP contribution in [0.15, 0.2) is 42.9 Å². The van der Waals surface area contributed by atoms with E-state index in [-0.39, 0.29) is 12.3 Å². The Balaban J connectivity index is 1.28. The van der Waals surface area contributed by atoms with Crippen LogP contribution in [-0.2, 0) is 4.74 Å². The van der Waals surface area contributed by atoms with E-state index in [1.807, 2.05) is 16.9 Å². The summed E-state index contributed by atoms with van der Waals surface area (Å²) >= 11 is 0. The molecular weight excluding hydrogens is 480 g/mol. The lowest BCUT2D eigenvalue weighted by Gasteiger charge is -2.23. The zero-order chi connectivity index (χ0) is 25.3. The van der Waals surface area contributed by atoms with Gasteiger partial charge in [-0.15, -0.1) is 0 Å². The smallest absolute Gasteiger partial charge is 0.233 e. The Labute approximate surface area is 221 Å². The van der Waals surface area contributed by atoms with Crippen molar-refractivity contribution in [2.45, 2.75) is 63.3 Å². The van der Waals surface area contributed by atoms with Crippen molar-refractivity contribution in [3.05, 3.63) is 42.9 Å². The van der Waals surface area contributed by atoms with E-state index in [9.17, 15) is 0 Å². The van der Waals surface area contributed by atoms with Gasteiger partial charge in [-0.05, 0) is 69.7 Å². The average molecular weight is 513 g/mol. The summed E-state index contributed by atoms with van der Waals surface area (Å²) in [5.41, 5.74) is 4.32. The van der Waals surface area contributed by atoms with Crippen LogP contribution < -0.4 is 15.4 Å². The number of ether oxygens (including phenoxy) is 2. The number of fused-ring (bicyclic) bond motifs is 1. The SMILES string of the molecule is c1cc(-c2ccc3c(c2)c(-c2cncc(OC4CCCNC4)n2)nn3C2CCCCO2)nc(NC2CC2)n1. The van der Waals surface area contributed by atoms with Crippen LogP contribution in [0.5, 0.6) is 5.88 Å². The highest BCUT2D eigenvalue weighted by Crippen LogP contribution is 2.35. The number of nitrogens with zero attached hydrogens (tertiary/aromatic N) is 6.